The second-order valence-electron chi connectivity index (χ2n) is 9.13. The highest BCUT2D eigenvalue weighted by atomic mass is 16.4. The van der Waals surface area contributed by atoms with Crippen LogP contribution in [0.1, 0.15) is 48.0 Å². The number of fused-ring (bicyclic) bond motifs is 1. The Morgan fingerprint density at radius 1 is 1.09 bits per heavy atom. The molecule has 4 aromatic rings. The molecule has 0 saturated carbocycles. The van der Waals surface area contributed by atoms with Crippen molar-refractivity contribution >= 4 is 22.7 Å². The van der Waals surface area contributed by atoms with Crippen molar-refractivity contribution in [3.05, 3.63) is 77.2 Å². The number of nitrogens with one attached hydrogen (secondary N) is 1. The van der Waals surface area contributed by atoms with Gasteiger partial charge in [-0.15, -0.1) is 0 Å². The van der Waals surface area contributed by atoms with Gasteiger partial charge < -0.3 is 15.0 Å². The topological polar surface area (TPSA) is 80.0 Å². The van der Waals surface area contributed by atoms with Crippen LogP contribution in [0.2, 0.25) is 0 Å². The number of anilines is 1. The van der Waals surface area contributed by atoms with E-state index in [2.05, 4.69) is 71.8 Å². The van der Waals surface area contributed by atoms with E-state index in [0.717, 1.165) is 42.1 Å². The van der Waals surface area contributed by atoms with E-state index >= 15 is 0 Å². The minimum Gasteiger partial charge on any atom is -0.478 e. The van der Waals surface area contributed by atoms with E-state index < -0.39 is 5.97 Å². The zero-order valence-corrected chi connectivity index (χ0v) is 20.3. The molecule has 0 fully saturated rings. The van der Waals surface area contributed by atoms with Gasteiger partial charge in [0.2, 0.25) is 0 Å². The fourth-order valence-electron chi connectivity index (χ4n) is 4.56. The van der Waals surface area contributed by atoms with Crippen molar-refractivity contribution in [2.24, 2.45) is 5.92 Å². The number of hydrogen-bond donors (Lipinski definition) is 2. The lowest BCUT2D eigenvalue weighted by atomic mass is 9.95. The molecule has 2 N–H and O–H groups in total. The molecule has 0 aliphatic rings. The van der Waals surface area contributed by atoms with E-state index in [1.165, 1.54) is 22.2 Å². The summed E-state index contributed by atoms with van der Waals surface area (Å²) >= 11 is 0. The van der Waals surface area contributed by atoms with Crippen molar-refractivity contribution in [1.82, 2.24) is 14.5 Å². The molecule has 0 amide bonds. The number of nitrogens with zero attached hydrogens (tertiary/aromatic N) is 3. The van der Waals surface area contributed by atoms with Crippen LogP contribution in [0.3, 0.4) is 0 Å². The molecule has 0 aliphatic heterocycles. The predicted molar refractivity (Wildman–Crippen MR) is 138 cm³/mol. The largest absolute Gasteiger partial charge is 0.478 e. The van der Waals surface area contributed by atoms with E-state index in [0.29, 0.717) is 17.9 Å². The lowest BCUT2D eigenvalue weighted by Gasteiger charge is -2.13. The minimum absolute atomic E-state index is 0.352. The quantitative estimate of drug-likeness (QED) is 0.324. The van der Waals surface area contributed by atoms with Crippen LogP contribution in [0.15, 0.2) is 54.9 Å². The number of carboxylic acids is 1. The SMILES string of the molecule is CCc1cccc2c1cc(C)n2CCNc1cc(-c2ccc(C(=O)O)c(CC(C)C)c2)ncn1. The van der Waals surface area contributed by atoms with Crippen LogP contribution in [0, 0.1) is 12.8 Å². The van der Waals surface area contributed by atoms with Crippen LogP contribution in [0.4, 0.5) is 5.82 Å². The molecule has 0 atom stereocenters. The van der Waals surface area contributed by atoms with Gasteiger partial charge in [0, 0.05) is 41.3 Å². The van der Waals surface area contributed by atoms with Crippen LogP contribution in [0.25, 0.3) is 22.2 Å². The van der Waals surface area contributed by atoms with Crippen molar-refractivity contribution in [3.63, 3.8) is 0 Å². The molecule has 4 rings (SSSR count). The lowest BCUT2D eigenvalue weighted by molar-refractivity contribution is 0.0695. The maximum absolute atomic E-state index is 11.6. The summed E-state index contributed by atoms with van der Waals surface area (Å²) in [5, 5.41) is 14.3. The number of carboxylic acid groups (broad SMARTS) is 1. The molecule has 2 heterocycles. The minimum atomic E-state index is -0.897. The normalized spacial score (nSPS) is 11.3. The highest BCUT2D eigenvalue weighted by molar-refractivity contribution is 5.90. The third-order valence-corrected chi connectivity index (χ3v) is 6.19. The maximum Gasteiger partial charge on any atom is 0.335 e. The average molecular weight is 457 g/mol. The molecule has 2 aromatic carbocycles. The molecular formula is C28H32N4O2. The first-order valence-electron chi connectivity index (χ1n) is 11.9. The van der Waals surface area contributed by atoms with Crippen molar-refractivity contribution in [3.8, 4) is 11.3 Å². The number of aryl methyl sites for hydroxylation is 2. The summed E-state index contributed by atoms with van der Waals surface area (Å²) in [6.45, 7) is 10.1. The summed E-state index contributed by atoms with van der Waals surface area (Å²) in [6.07, 6.45) is 3.28. The Labute approximate surface area is 200 Å². The number of aromatic carboxylic acids is 1. The van der Waals surface area contributed by atoms with Crippen LogP contribution in [0.5, 0.6) is 0 Å². The molecule has 0 bridgehead atoms. The Kier molecular flexibility index (Phi) is 6.96. The summed E-state index contributed by atoms with van der Waals surface area (Å²) in [5.41, 5.74) is 6.73. The standard InChI is InChI=1S/C28H32N4O2/c1-5-20-7-6-8-26-24(20)14-19(4)32(26)12-11-29-27-16-25(30-17-31-27)21-9-10-23(28(33)34)22(15-21)13-18(2)3/h6-10,14-18H,5,11-13H2,1-4H3,(H,33,34)(H,29,30,31). The predicted octanol–water partition coefficient (Wildman–Crippen LogP) is 5.98. The van der Waals surface area contributed by atoms with Gasteiger partial charge in [-0.25, -0.2) is 14.8 Å². The summed E-state index contributed by atoms with van der Waals surface area (Å²) in [7, 11) is 0. The third kappa shape index (κ3) is 4.96. The summed E-state index contributed by atoms with van der Waals surface area (Å²) in [5.74, 6) is 0.213. The van der Waals surface area contributed by atoms with Gasteiger partial charge in [0.1, 0.15) is 12.1 Å². The summed E-state index contributed by atoms with van der Waals surface area (Å²) < 4.78 is 2.34. The highest BCUT2D eigenvalue weighted by Gasteiger charge is 2.14. The molecule has 0 aliphatic carbocycles. The van der Waals surface area contributed by atoms with Gasteiger partial charge in [0.05, 0.1) is 11.3 Å². The molecule has 176 valence electrons. The fraction of sp³-hybridized carbons (Fsp3) is 0.321. The molecule has 2 aromatic heterocycles. The Balaban J connectivity index is 1.52. The van der Waals surface area contributed by atoms with E-state index in [9.17, 15) is 9.90 Å². The molecule has 0 unspecified atom stereocenters. The molecule has 6 heteroatoms. The number of carbonyl (C=O) groups is 1. The first-order valence-corrected chi connectivity index (χ1v) is 11.9. The zero-order valence-electron chi connectivity index (χ0n) is 20.3. The van der Waals surface area contributed by atoms with Crippen LogP contribution < -0.4 is 5.32 Å². The molecule has 0 saturated heterocycles. The van der Waals surface area contributed by atoms with Crippen molar-refractivity contribution in [1.29, 1.82) is 0 Å². The number of rotatable bonds is 9. The van der Waals surface area contributed by atoms with Gasteiger partial charge in [0.25, 0.3) is 0 Å². The Hall–Kier alpha value is -3.67. The van der Waals surface area contributed by atoms with Crippen molar-refractivity contribution in [2.75, 3.05) is 11.9 Å². The van der Waals surface area contributed by atoms with Gasteiger partial charge >= 0.3 is 5.97 Å². The van der Waals surface area contributed by atoms with Crippen molar-refractivity contribution in [2.45, 2.75) is 47.1 Å². The van der Waals surface area contributed by atoms with E-state index in [-0.39, 0.29) is 0 Å². The first kappa shape index (κ1) is 23.5. The Morgan fingerprint density at radius 3 is 2.65 bits per heavy atom. The number of aromatic nitrogens is 3. The summed E-state index contributed by atoms with van der Waals surface area (Å²) in [4.78, 5) is 20.4. The monoisotopic (exact) mass is 456 g/mol. The van der Waals surface area contributed by atoms with Crippen LogP contribution >= 0.6 is 0 Å². The number of benzene rings is 2. The van der Waals surface area contributed by atoms with E-state index in [1.807, 2.05) is 18.2 Å². The second-order valence-corrected chi connectivity index (χ2v) is 9.13. The van der Waals surface area contributed by atoms with Gasteiger partial charge in [-0.05, 0) is 61.1 Å². The molecule has 0 radical (unpaired) electrons. The molecule has 0 spiro atoms. The maximum atomic E-state index is 11.6. The van der Waals surface area contributed by atoms with Gasteiger partial charge in [-0.2, -0.15) is 0 Å². The molecular weight excluding hydrogens is 424 g/mol. The zero-order chi connectivity index (χ0) is 24.2. The smallest absolute Gasteiger partial charge is 0.335 e. The Bertz CT molecular complexity index is 1320. The number of hydrogen-bond acceptors (Lipinski definition) is 4. The summed E-state index contributed by atoms with van der Waals surface area (Å²) in [6, 6.07) is 16.1. The highest BCUT2D eigenvalue weighted by Crippen LogP contribution is 2.25. The van der Waals surface area contributed by atoms with Crippen molar-refractivity contribution < 1.29 is 9.90 Å². The van der Waals surface area contributed by atoms with Gasteiger partial charge in [-0.3, -0.25) is 0 Å². The molecule has 34 heavy (non-hydrogen) atoms. The van der Waals surface area contributed by atoms with Crippen LogP contribution in [-0.4, -0.2) is 32.2 Å². The van der Waals surface area contributed by atoms with E-state index in [4.69, 9.17) is 0 Å². The van der Waals surface area contributed by atoms with Gasteiger partial charge in [0.15, 0.2) is 0 Å². The average Bonchev–Trinajstić information content (AvgIpc) is 3.14. The fourth-order valence-corrected chi connectivity index (χ4v) is 4.56. The Morgan fingerprint density at radius 2 is 1.91 bits per heavy atom. The molecule has 6 nitrogen and oxygen atoms in total. The van der Waals surface area contributed by atoms with E-state index in [1.54, 1.807) is 12.4 Å². The second kappa shape index (κ2) is 10.1. The van der Waals surface area contributed by atoms with Gasteiger partial charge in [-0.1, -0.05) is 39.0 Å². The third-order valence-electron chi connectivity index (χ3n) is 6.19. The first-order chi connectivity index (χ1) is 16.4. The lowest BCUT2D eigenvalue weighted by Crippen LogP contribution is -2.12. The van der Waals surface area contributed by atoms with Crippen LogP contribution in [-0.2, 0) is 19.4 Å².